The number of nitrogens with one attached hydrogen (secondary N) is 1. The molecule has 1 aliphatic heterocycles. The van der Waals surface area contributed by atoms with Gasteiger partial charge in [0.25, 0.3) is 5.91 Å². The number of rotatable bonds is 4. The summed E-state index contributed by atoms with van der Waals surface area (Å²) >= 11 is 1.61. The topological polar surface area (TPSA) is 63.6 Å². The molecular formula is C25H29N3O3S. The van der Waals surface area contributed by atoms with Crippen LogP contribution in [0.3, 0.4) is 0 Å². The second-order valence-electron chi connectivity index (χ2n) is 9.24. The minimum absolute atomic E-state index is 0.102. The van der Waals surface area contributed by atoms with Crippen molar-refractivity contribution in [2.45, 2.75) is 57.7 Å². The molecule has 5 rings (SSSR count). The van der Waals surface area contributed by atoms with Crippen LogP contribution in [0.4, 0.5) is 5.69 Å². The fraction of sp³-hybridized carbons (Fsp3) is 0.440. The Balaban J connectivity index is 1.60. The summed E-state index contributed by atoms with van der Waals surface area (Å²) in [5.74, 6) is 0.824. The Hall–Kier alpha value is -2.80. The highest BCUT2D eigenvalue weighted by molar-refractivity contribution is 7.17. The summed E-state index contributed by atoms with van der Waals surface area (Å²) in [5.41, 5.74) is 1.22. The summed E-state index contributed by atoms with van der Waals surface area (Å²) in [7, 11) is 1.60. The van der Waals surface area contributed by atoms with Gasteiger partial charge in [0.05, 0.1) is 23.9 Å². The molecular weight excluding hydrogens is 422 g/mol. The molecule has 0 unspecified atom stereocenters. The second-order valence-corrected chi connectivity index (χ2v) is 10.2. The number of thiophene rings is 1. The van der Waals surface area contributed by atoms with Gasteiger partial charge in [-0.3, -0.25) is 14.5 Å². The van der Waals surface area contributed by atoms with Gasteiger partial charge in [0.2, 0.25) is 5.91 Å². The number of amides is 2. The van der Waals surface area contributed by atoms with E-state index in [2.05, 4.69) is 12.2 Å². The Morgan fingerprint density at radius 1 is 1.22 bits per heavy atom. The Kier molecular flexibility index (Phi) is 5.24. The fourth-order valence-corrected chi connectivity index (χ4v) is 6.04. The summed E-state index contributed by atoms with van der Waals surface area (Å²) in [6.07, 6.45) is 4.45. The molecule has 3 heterocycles. The lowest BCUT2D eigenvalue weighted by Gasteiger charge is -2.45. The van der Waals surface area contributed by atoms with Crippen molar-refractivity contribution in [1.29, 1.82) is 0 Å². The largest absolute Gasteiger partial charge is 0.497 e. The molecule has 7 heteroatoms. The van der Waals surface area contributed by atoms with Gasteiger partial charge in [-0.1, -0.05) is 25.8 Å². The van der Waals surface area contributed by atoms with Crippen molar-refractivity contribution < 1.29 is 14.3 Å². The lowest BCUT2D eigenvalue weighted by Crippen LogP contribution is -2.65. The van der Waals surface area contributed by atoms with Gasteiger partial charge in [-0.15, -0.1) is 11.3 Å². The first kappa shape index (κ1) is 21.1. The molecule has 1 fully saturated rings. The van der Waals surface area contributed by atoms with E-state index in [-0.39, 0.29) is 17.9 Å². The van der Waals surface area contributed by atoms with E-state index >= 15 is 0 Å². The zero-order chi connectivity index (χ0) is 22.5. The minimum Gasteiger partial charge on any atom is -0.497 e. The van der Waals surface area contributed by atoms with Crippen LogP contribution < -0.4 is 15.0 Å². The zero-order valence-corrected chi connectivity index (χ0v) is 19.6. The number of nitrogens with zero attached hydrogens (tertiary/aromatic N) is 2. The average molecular weight is 452 g/mol. The van der Waals surface area contributed by atoms with Crippen molar-refractivity contribution in [2.75, 3.05) is 12.0 Å². The quantitative estimate of drug-likeness (QED) is 0.618. The predicted molar refractivity (Wildman–Crippen MR) is 128 cm³/mol. The van der Waals surface area contributed by atoms with Crippen LogP contribution in [0.25, 0.3) is 10.2 Å². The maximum absolute atomic E-state index is 13.9. The van der Waals surface area contributed by atoms with Crippen LogP contribution in [-0.2, 0) is 11.3 Å². The Labute approximate surface area is 192 Å². The van der Waals surface area contributed by atoms with Gasteiger partial charge in [-0.2, -0.15) is 0 Å². The van der Waals surface area contributed by atoms with E-state index in [0.29, 0.717) is 29.6 Å². The second kappa shape index (κ2) is 7.96. The van der Waals surface area contributed by atoms with Crippen molar-refractivity contribution in [2.24, 2.45) is 5.92 Å². The number of ether oxygens (including phenoxy) is 1. The maximum atomic E-state index is 13.9. The zero-order valence-electron chi connectivity index (χ0n) is 18.8. The molecule has 0 bridgehead atoms. The third kappa shape index (κ3) is 3.30. The van der Waals surface area contributed by atoms with E-state index in [1.165, 1.54) is 6.42 Å². The molecule has 2 aromatic heterocycles. The summed E-state index contributed by atoms with van der Waals surface area (Å²) < 4.78 is 8.48. The number of aromatic nitrogens is 1. The third-order valence-corrected chi connectivity index (χ3v) is 7.99. The number of benzene rings is 1. The smallest absolute Gasteiger partial charge is 0.275 e. The predicted octanol–water partition coefficient (Wildman–Crippen LogP) is 4.83. The van der Waals surface area contributed by atoms with Crippen LogP contribution in [0.2, 0.25) is 0 Å². The van der Waals surface area contributed by atoms with Crippen LogP contribution in [0, 0.1) is 5.92 Å². The molecule has 0 saturated heterocycles. The first-order valence-corrected chi connectivity index (χ1v) is 12.2. The van der Waals surface area contributed by atoms with E-state index < -0.39 is 5.54 Å². The van der Waals surface area contributed by atoms with Gasteiger partial charge < -0.3 is 14.6 Å². The van der Waals surface area contributed by atoms with Gasteiger partial charge in [-0.05, 0) is 55.3 Å². The molecule has 32 heavy (non-hydrogen) atoms. The number of methoxy groups -OCH3 is 1. The number of fused-ring (bicyclic) bond motifs is 3. The van der Waals surface area contributed by atoms with E-state index in [1.54, 1.807) is 23.3 Å². The summed E-state index contributed by atoms with van der Waals surface area (Å²) in [5, 5.41) is 5.34. The minimum atomic E-state index is -1.07. The van der Waals surface area contributed by atoms with Crippen LogP contribution in [0.1, 0.15) is 50.0 Å². The van der Waals surface area contributed by atoms with Crippen LogP contribution in [-0.4, -0.2) is 35.1 Å². The Bertz CT molecular complexity index is 1180. The van der Waals surface area contributed by atoms with E-state index in [1.807, 2.05) is 53.3 Å². The van der Waals surface area contributed by atoms with Crippen molar-refractivity contribution >= 4 is 39.1 Å². The van der Waals surface area contributed by atoms with Crippen molar-refractivity contribution in [3.05, 3.63) is 47.5 Å². The highest BCUT2D eigenvalue weighted by atomic mass is 32.1. The molecule has 6 nitrogen and oxygen atoms in total. The summed E-state index contributed by atoms with van der Waals surface area (Å²) in [4.78, 5) is 29.4. The van der Waals surface area contributed by atoms with Crippen molar-refractivity contribution in [3.63, 3.8) is 0 Å². The molecule has 1 aromatic carbocycles. The first-order chi connectivity index (χ1) is 15.4. The Morgan fingerprint density at radius 3 is 2.81 bits per heavy atom. The molecule has 1 N–H and O–H groups in total. The molecule has 0 radical (unpaired) electrons. The number of anilines is 1. The average Bonchev–Trinajstić information content (AvgIpc) is 3.38. The summed E-state index contributed by atoms with van der Waals surface area (Å²) in [6, 6.07) is 11.5. The normalized spacial score (nSPS) is 25.6. The lowest BCUT2D eigenvalue weighted by molar-refractivity contribution is -0.127. The molecule has 3 aromatic rings. The SMILES string of the molecule is COc1cccc(N2C(=O)c3cc4sccc4n3C[C@]2(C)C(=O)N[C@H]2CCCC[C@H]2C)c1. The number of carbonyl (C=O) groups excluding carboxylic acids is 2. The van der Waals surface area contributed by atoms with Crippen molar-refractivity contribution in [3.8, 4) is 5.75 Å². The number of hydrogen-bond acceptors (Lipinski definition) is 4. The standard InChI is InChI=1S/C25H29N3O3S/c1-16-7-4-5-10-19(16)26-24(30)25(2)15-27-20-11-12-32-22(20)14-21(27)23(29)28(25)17-8-6-9-18(13-17)31-3/h6,8-9,11-14,16,19H,4-5,7,10,15H2,1-3H3,(H,26,30)/t16-,19+,25-/m1/s1. The summed E-state index contributed by atoms with van der Waals surface area (Å²) in [6.45, 7) is 4.49. The van der Waals surface area contributed by atoms with Gasteiger partial charge in [0, 0.05) is 17.8 Å². The van der Waals surface area contributed by atoms with Gasteiger partial charge >= 0.3 is 0 Å². The monoisotopic (exact) mass is 451 g/mol. The van der Waals surface area contributed by atoms with Gasteiger partial charge in [0.15, 0.2) is 0 Å². The van der Waals surface area contributed by atoms with Gasteiger partial charge in [-0.25, -0.2) is 0 Å². The number of carbonyl (C=O) groups is 2. The van der Waals surface area contributed by atoms with Crippen molar-refractivity contribution in [1.82, 2.24) is 9.88 Å². The molecule has 2 aliphatic rings. The maximum Gasteiger partial charge on any atom is 0.275 e. The lowest BCUT2D eigenvalue weighted by atomic mass is 9.84. The van der Waals surface area contributed by atoms with E-state index in [4.69, 9.17) is 4.74 Å². The molecule has 1 aliphatic carbocycles. The van der Waals surface area contributed by atoms with E-state index in [0.717, 1.165) is 29.5 Å². The molecule has 3 atom stereocenters. The van der Waals surface area contributed by atoms with E-state index in [9.17, 15) is 9.59 Å². The highest BCUT2D eigenvalue weighted by Gasteiger charge is 2.49. The van der Waals surface area contributed by atoms with Gasteiger partial charge in [0.1, 0.15) is 17.0 Å². The van der Waals surface area contributed by atoms with Crippen LogP contribution >= 0.6 is 11.3 Å². The molecule has 0 spiro atoms. The van der Waals surface area contributed by atoms with Crippen LogP contribution in [0.5, 0.6) is 5.75 Å². The van der Waals surface area contributed by atoms with Crippen LogP contribution in [0.15, 0.2) is 41.8 Å². The molecule has 168 valence electrons. The fourth-order valence-electron chi connectivity index (χ4n) is 5.22. The third-order valence-electron chi connectivity index (χ3n) is 7.13. The number of hydrogen-bond donors (Lipinski definition) is 1. The molecule has 1 saturated carbocycles. The highest BCUT2D eigenvalue weighted by Crippen LogP contribution is 2.38. The Morgan fingerprint density at radius 2 is 2.03 bits per heavy atom. The molecule has 2 amide bonds. The first-order valence-electron chi connectivity index (χ1n) is 11.3.